The highest BCUT2D eigenvalue weighted by atomic mass is 32.2. The Bertz CT molecular complexity index is 215. The van der Waals surface area contributed by atoms with Crippen molar-refractivity contribution in [3.63, 3.8) is 0 Å². The number of aromatic nitrogens is 2. The Balaban J connectivity index is 2.33. The normalized spacial score (nSPS) is 12.8. The second-order valence-corrected chi connectivity index (χ2v) is 3.95. The van der Waals surface area contributed by atoms with Crippen molar-refractivity contribution in [2.45, 2.75) is 17.9 Å². The van der Waals surface area contributed by atoms with Crippen molar-refractivity contribution in [3.8, 4) is 0 Å². The molecule has 12 heavy (non-hydrogen) atoms. The Labute approximate surface area is 76.8 Å². The maximum atomic E-state index is 5.47. The fourth-order valence-electron chi connectivity index (χ4n) is 0.689. The van der Waals surface area contributed by atoms with E-state index in [4.69, 9.17) is 5.73 Å². The van der Waals surface area contributed by atoms with Crippen molar-refractivity contribution < 1.29 is 0 Å². The van der Waals surface area contributed by atoms with Crippen LogP contribution in [0.15, 0.2) is 18.5 Å². The van der Waals surface area contributed by atoms with Gasteiger partial charge in [-0.3, -0.25) is 0 Å². The van der Waals surface area contributed by atoms with Gasteiger partial charge < -0.3 is 5.73 Å². The van der Waals surface area contributed by atoms with Crippen molar-refractivity contribution in [2.75, 3.05) is 6.54 Å². The lowest BCUT2D eigenvalue weighted by atomic mass is 10.5. The molecule has 1 atom stereocenters. The summed E-state index contributed by atoms with van der Waals surface area (Å²) < 4.78 is 0. The fraction of sp³-hybridized carbons (Fsp3) is 0.500. The van der Waals surface area contributed by atoms with Gasteiger partial charge in [0.2, 0.25) is 0 Å². The second kappa shape index (κ2) is 5.11. The monoisotopic (exact) mass is 183 g/mol. The SMILES string of the molecule is CC(CN)SCc1ncccn1. The molecule has 0 aliphatic rings. The van der Waals surface area contributed by atoms with E-state index < -0.39 is 0 Å². The third-order valence-corrected chi connectivity index (χ3v) is 2.63. The summed E-state index contributed by atoms with van der Waals surface area (Å²) in [6.45, 7) is 2.81. The standard InChI is InChI=1S/C8H13N3S/c1-7(5-9)12-6-8-10-3-2-4-11-8/h2-4,7H,5-6,9H2,1H3. The summed E-state index contributed by atoms with van der Waals surface area (Å²) in [4.78, 5) is 8.22. The number of nitrogens with two attached hydrogens (primary N) is 1. The molecule has 0 amide bonds. The molecule has 0 aromatic carbocycles. The van der Waals surface area contributed by atoms with Gasteiger partial charge in [0.05, 0.1) is 5.75 Å². The largest absolute Gasteiger partial charge is 0.329 e. The molecule has 66 valence electrons. The molecule has 0 fully saturated rings. The minimum atomic E-state index is 0.480. The molecule has 0 radical (unpaired) electrons. The van der Waals surface area contributed by atoms with E-state index in [1.54, 1.807) is 24.2 Å². The van der Waals surface area contributed by atoms with Crippen LogP contribution < -0.4 is 5.73 Å². The van der Waals surface area contributed by atoms with Crippen LogP contribution in [0.4, 0.5) is 0 Å². The van der Waals surface area contributed by atoms with E-state index in [1.807, 2.05) is 6.07 Å². The first-order valence-corrected chi connectivity index (χ1v) is 4.95. The van der Waals surface area contributed by atoms with E-state index in [2.05, 4.69) is 16.9 Å². The fourth-order valence-corrected chi connectivity index (χ4v) is 1.41. The van der Waals surface area contributed by atoms with E-state index in [1.165, 1.54) is 0 Å². The quantitative estimate of drug-likeness (QED) is 0.758. The van der Waals surface area contributed by atoms with Crippen LogP contribution in [0.1, 0.15) is 12.7 Å². The Morgan fingerprint density at radius 1 is 1.50 bits per heavy atom. The van der Waals surface area contributed by atoms with Gasteiger partial charge in [0.1, 0.15) is 5.82 Å². The molecule has 1 aromatic rings. The summed E-state index contributed by atoms with van der Waals surface area (Å²) in [6, 6.07) is 1.82. The predicted molar refractivity (Wildman–Crippen MR) is 51.8 cm³/mol. The third kappa shape index (κ3) is 3.19. The van der Waals surface area contributed by atoms with E-state index >= 15 is 0 Å². The van der Waals surface area contributed by atoms with Crippen LogP contribution >= 0.6 is 11.8 Å². The van der Waals surface area contributed by atoms with Gasteiger partial charge in [-0.1, -0.05) is 6.92 Å². The third-order valence-electron chi connectivity index (χ3n) is 1.45. The molecule has 1 rings (SSSR count). The van der Waals surface area contributed by atoms with Gasteiger partial charge in [-0.05, 0) is 6.07 Å². The van der Waals surface area contributed by atoms with Crippen LogP contribution in [0.5, 0.6) is 0 Å². The molecule has 0 spiro atoms. The van der Waals surface area contributed by atoms with Crippen LogP contribution in [-0.4, -0.2) is 21.8 Å². The summed E-state index contributed by atoms with van der Waals surface area (Å²) in [5, 5.41) is 0.480. The number of hydrogen-bond acceptors (Lipinski definition) is 4. The Morgan fingerprint density at radius 3 is 2.75 bits per heavy atom. The molecule has 3 nitrogen and oxygen atoms in total. The topological polar surface area (TPSA) is 51.8 Å². The van der Waals surface area contributed by atoms with Gasteiger partial charge >= 0.3 is 0 Å². The first kappa shape index (κ1) is 9.48. The highest BCUT2D eigenvalue weighted by molar-refractivity contribution is 7.99. The molecule has 0 saturated carbocycles. The molecule has 0 saturated heterocycles. The van der Waals surface area contributed by atoms with E-state index in [0.29, 0.717) is 11.8 Å². The maximum Gasteiger partial charge on any atom is 0.138 e. The van der Waals surface area contributed by atoms with Crippen LogP contribution in [0, 0.1) is 0 Å². The molecule has 1 heterocycles. The molecule has 2 N–H and O–H groups in total. The maximum absolute atomic E-state index is 5.47. The molecular weight excluding hydrogens is 170 g/mol. The van der Waals surface area contributed by atoms with Crippen molar-refractivity contribution in [1.82, 2.24) is 9.97 Å². The van der Waals surface area contributed by atoms with Crippen molar-refractivity contribution in [3.05, 3.63) is 24.3 Å². The zero-order valence-corrected chi connectivity index (χ0v) is 7.92. The minimum Gasteiger partial charge on any atom is -0.329 e. The van der Waals surface area contributed by atoms with Crippen LogP contribution in [-0.2, 0) is 5.75 Å². The van der Waals surface area contributed by atoms with Gasteiger partial charge in [-0.25, -0.2) is 9.97 Å². The van der Waals surface area contributed by atoms with Crippen molar-refractivity contribution >= 4 is 11.8 Å². The zero-order valence-electron chi connectivity index (χ0n) is 7.10. The molecule has 0 bridgehead atoms. The average Bonchev–Trinajstić information content (AvgIpc) is 2.16. The van der Waals surface area contributed by atoms with Gasteiger partial charge in [-0.15, -0.1) is 11.8 Å². The molecule has 1 unspecified atom stereocenters. The Morgan fingerprint density at radius 2 is 2.17 bits per heavy atom. The van der Waals surface area contributed by atoms with Gasteiger partial charge in [0.15, 0.2) is 0 Å². The summed E-state index contributed by atoms with van der Waals surface area (Å²) in [6.07, 6.45) is 3.52. The lowest BCUT2D eigenvalue weighted by Crippen LogP contribution is -2.12. The molecule has 0 aliphatic heterocycles. The van der Waals surface area contributed by atoms with E-state index in [-0.39, 0.29) is 0 Å². The first-order chi connectivity index (χ1) is 5.83. The highest BCUT2D eigenvalue weighted by Crippen LogP contribution is 2.13. The first-order valence-electron chi connectivity index (χ1n) is 3.90. The minimum absolute atomic E-state index is 0.480. The lowest BCUT2D eigenvalue weighted by Gasteiger charge is -2.05. The Hall–Kier alpha value is -0.610. The van der Waals surface area contributed by atoms with Crippen LogP contribution in [0.3, 0.4) is 0 Å². The number of hydrogen-bond donors (Lipinski definition) is 1. The zero-order chi connectivity index (χ0) is 8.81. The highest BCUT2D eigenvalue weighted by Gasteiger charge is 2.00. The number of nitrogens with zero attached hydrogens (tertiary/aromatic N) is 2. The second-order valence-electron chi connectivity index (χ2n) is 2.52. The summed E-state index contributed by atoms with van der Waals surface area (Å²) in [5.41, 5.74) is 5.47. The van der Waals surface area contributed by atoms with Gasteiger partial charge in [-0.2, -0.15) is 0 Å². The summed E-state index contributed by atoms with van der Waals surface area (Å²) in [5.74, 6) is 1.72. The molecular formula is C8H13N3S. The average molecular weight is 183 g/mol. The number of thioether (sulfide) groups is 1. The van der Waals surface area contributed by atoms with Crippen LogP contribution in [0.2, 0.25) is 0 Å². The summed E-state index contributed by atoms with van der Waals surface area (Å²) in [7, 11) is 0. The lowest BCUT2D eigenvalue weighted by molar-refractivity contribution is 0.943. The predicted octanol–water partition coefficient (Wildman–Crippen LogP) is 1.06. The van der Waals surface area contributed by atoms with Gasteiger partial charge in [0, 0.05) is 24.2 Å². The van der Waals surface area contributed by atoms with E-state index in [0.717, 1.165) is 11.6 Å². The molecule has 1 aromatic heterocycles. The summed E-state index contributed by atoms with van der Waals surface area (Å²) >= 11 is 1.78. The Kier molecular flexibility index (Phi) is 4.04. The number of rotatable bonds is 4. The van der Waals surface area contributed by atoms with Gasteiger partial charge in [0.25, 0.3) is 0 Å². The van der Waals surface area contributed by atoms with Crippen molar-refractivity contribution in [1.29, 1.82) is 0 Å². The molecule has 4 heteroatoms. The van der Waals surface area contributed by atoms with Crippen molar-refractivity contribution in [2.24, 2.45) is 5.73 Å². The van der Waals surface area contributed by atoms with Crippen LogP contribution in [0.25, 0.3) is 0 Å². The smallest absolute Gasteiger partial charge is 0.138 e. The molecule has 0 aliphatic carbocycles. The van der Waals surface area contributed by atoms with E-state index in [9.17, 15) is 0 Å².